The lowest BCUT2D eigenvalue weighted by Crippen LogP contribution is -2.27. The second-order valence-electron chi connectivity index (χ2n) is 2.69. The topological polar surface area (TPSA) is 112 Å². The van der Waals surface area contributed by atoms with Crippen LogP contribution >= 0.6 is 0 Å². The molecule has 2 aromatic heterocycles. The number of aromatic amines is 3. The van der Waals surface area contributed by atoms with Gasteiger partial charge in [-0.1, -0.05) is 0 Å². The van der Waals surface area contributed by atoms with Crippen LogP contribution in [0.3, 0.4) is 0 Å². The Bertz CT molecular complexity index is 475. The van der Waals surface area contributed by atoms with E-state index in [9.17, 15) is 9.59 Å². The fraction of sp³-hybridized carbons (Fsp3) is 0.333. The van der Waals surface area contributed by atoms with E-state index in [1.807, 2.05) is 0 Å². The summed E-state index contributed by atoms with van der Waals surface area (Å²) in [6, 6.07) is 0. The number of aromatic nitrogens is 6. The van der Waals surface area contributed by atoms with E-state index in [-0.39, 0.29) is 6.54 Å². The van der Waals surface area contributed by atoms with Crippen molar-refractivity contribution in [3.8, 4) is 0 Å². The molecule has 0 amide bonds. The van der Waals surface area contributed by atoms with Crippen LogP contribution in [0.1, 0.15) is 5.82 Å². The molecular formula is C6H8N6O2. The van der Waals surface area contributed by atoms with Gasteiger partial charge >= 0.3 is 11.4 Å². The first-order valence-electron chi connectivity index (χ1n) is 3.99. The molecule has 8 nitrogen and oxygen atoms in total. The molecule has 0 aromatic carbocycles. The highest BCUT2D eigenvalue weighted by molar-refractivity contribution is 4.80. The van der Waals surface area contributed by atoms with Crippen molar-refractivity contribution in [2.45, 2.75) is 13.0 Å². The van der Waals surface area contributed by atoms with Crippen molar-refractivity contribution < 1.29 is 0 Å². The van der Waals surface area contributed by atoms with Crippen LogP contribution in [0.2, 0.25) is 0 Å². The lowest BCUT2D eigenvalue weighted by atomic mass is 10.4. The summed E-state index contributed by atoms with van der Waals surface area (Å²) in [5.41, 5.74) is -0.899. The Balaban J connectivity index is 2.13. The zero-order chi connectivity index (χ0) is 9.97. The highest BCUT2D eigenvalue weighted by atomic mass is 16.2. The minimum atomic E-state index is -0.450. The monoisotopic (exact) mass is 196 g/mol. The molecule has 3 N–H and O–H groups in total. The zero-order valence-electron chi connectivity index (χ0n) is 7.15. The van der Waals surface area contributed by atoms with Crippen LogP contribution in [-0.4, -0.2) is 29.9 Å². The lowest BCUT2D eigenvalue weighted by molar-refractivity contribution is 0.633. The lowest BCUT2D eigenvalue weighted by Gasteiger charge is -1.94. The van der Waals surface area contributed by atoms with Crippen molar-refractivity contribution in [3.05, 3.63) is 33.1 Å². The predicted molar refractivity (Wildman–Crippen MR) is 45.8 cm³/mol. The quantitative estimate of drug-likeness (QED) is 0.539. The maximum Gasteiger partial charge on any atom is 0.344 e. The molecular weight excluding hydrogens is 188 g/mol. The van der Waals surface area contributed by atoms with Crippen LogP contribution < -0.4 is 11.4 Å². The zero-order valence-corrected chi connectivity index (χ0v) is 7.15. The van der Waals surface area contributed by atoms with Crippen LogP contribution in [0.25, 0.3) is 0 Å². The summed E-state index contributed by atoms with van der Waals surface area (Å²) >= 11 is 0. The Morgan fingerprint density at radius 1 is 1.29 bits per heavy atom. The van der Waals surface area contributed by atoms with E-state index < -0.39 is 11.4 Å². The maximum absolute atomic E-state index is 11.0. The van der Waals surface area contributed by atoms with Crippen molar-refractivity contribution in [1.29, 1.82) is 0 Å². The first kappa shape index (κ1) is 8.48. The van der Waals surface area contributed by atoms with Gasteiger partial charge in [0.25, 0.3) is 0 Å². The standard InChI is InChI=1S/C6H8N6O2/c13-5-10-11-6(14)12(5)2-1-4-7-3-8-9-4/h3H,1-2H2,(H,10,13)(H,11,14)(H,7,8,9). The first-order valence-corrected chi connectivity index (χ1v) is 3.99. The van der Waals surface area contributed by atoms with E-state index in [2.05, 4.69) is 25.4 Å². The molecule has 0 aliphatic carbocycles. The van der Waals surface area contributed by atoms with Gasteiger partial charge in [-0.05, 0) is 0 Å². The van der Waals surface area contributed by atoms with Crippen LogP contribution in [0, 0.1) is 0 Å². The molecule has 0 radical (unpaired) electrons. The highest BCUT2D eigenvalue weighted by Crippen LogP contribution is 1.87. The molecule has 2 rings (SSSR count). The predicted octanol–water partition coefficient (Wildman–Crippen LogP) is -1.77. The van der Waals surface area contributed by atoms with Crippen LogP contribution in [-0.2, 0) is 13.0 Å². The minimum absolute atomic E-state index is 0.271. The maximum atomic E-state index is 11.0. The Hall–Kier alpha value is -2.12. The second-order valence-corrected chi connectivity index (χ2v) is 2.69. The molecule has 0 unspecified atom stereocenters. The van der Waals surface area contributed by atoms with Gasteiger partial charge in [0.1, 0.15) is 12.2 Å². The van der Waals surface area contributed by atoms with Crippen molar-refractivity contribution in [2.24, 2.45) is 0 Å². The second kappa shape index (κ2) is 3.32. The molecule has 74 valence electrons. The molecule has 2 aromatic rings. The number of hydrogen-bond donors (Lipinski definition) is 3. The average molecular weight is 196 g/mol. The minimum Gasteiger partial charge on any atom is -0.263 e. The number of rotatable bonds is 3. The van der Waals surface area contributed by atoms with E-state index in [1.54, 1.807) is 0 Å². The van der Waals surface area contributed by atoms with Crippen LogP contribution in [0.4, 0.5) is 0 Å². The normalized spacial score (nSPS) is 10.6. The molecule has 14 heavy (non-hydrogen) atoms. The Labute approximate surface area is 77.0 Å². The summed E-state index contributed by atoms with van der Waals surface area (Å²) in [6.07, 6.45) is 1.83. The van der Waals surface area contributed by atoms with Gasteiger partial charge in [0.15, 0.2) is 0 Å². The third kappa shape index (κ3) is 1.49. The SMILES string of the molecule is O=c1[nH][nH]c(=O)n1CCc1ncn[nH]1. The van der Waals surface area contributed by atoms with Crippen LogP contribution in [0.15, 0.2) is 15.9 Å². The molecule has 0 aliphatic heterocycles. The van der Waals surface area contributed by atoms with Crippen molar-refractivity contribution in [3.63, 3.8) is 0 Å². The number of hydrogen-bond acceptors (Lipinski definition) is 4. The van der Waals surface area contributed by atoms with Gasteiger partial charge in [0.2, 0.25) is 0 Å². The van der Waals surface area contributed by atoms with Gasteiger partial charge in [0, 0.05) is 13.0 Å². The molecule has 0 saturated heterocycles. The molecule has 0 aliphatic rings. The molecule has 0 atom stereocenters. The van der Waals surface area contributed by atoms with Gasteiger partial charge < -0.3 is 0 Å². The van der Waals surface area contributed by atoms with E-state index in [4.69, 9.17) is 0 Å². The van der Waals surface area contributed by atoms with Crippen molar-refractivity contribution >= 4 is 0 Å². The summed E-state index contributed by atoms with van der Waals surface area (Å²) in [6.45, 7) is 0.271. The molecule has 0 spiro atoms. The van der Waals surface area contributed by atoms with E-state index in [0.717, 1.165) is 4.57 Å². The molecule has 2 heterocycles. The molecule has 0 bridgehead atoms. The number of nitrogens with zero attached hydrogens (tertiary/aromatic N) is 3. The average Bonchev–Trinajstić information content (AvgIpc) is 2.76. The van der Waals surface area contributed by atoms with E-state index in [0.29, 0.717) is 12.2 Å². The van der Waals surface area contributed by atoms with Gasteiger partial charge in [-0.25, -0.2) is 29.3 Å². The molecule has 0 fully saturated rings. The number of nitrogens with one attached hydrogen (secondary N) is 3. The van der Waals surface area contributed by atoms with Crippen molar-refractivity contribution in [1.82, 2.24) is 29.9 Å². The largest absolute Gasteiger partial charge is 0.344 e. The summed E-state index contributed by atoms with van der Waals surface area (Å²) in [4.78, 5) is 25.9. The van der Waals surface area contributed by atoms with Crippen molar-refractivity contribution in [2.75, 3.05) is 0 Å². The smallest absolute Gasteiger partial charge is 0.263 e. The summed E-state index contributed by atoms with van der Waals surface area (Å²) in [5.74, 6) is 0.637. The number of H-pyrrole nitrogens is 3. The fourth-order valence-electron chi connectivity index (χ4n) is 1.11. The summed E-state index contributed by atoms with van der Waals surface area (Å²) in [5, 5.41) is 10.7. The Morgan fingerprint density at radius 2 is 2.00 bits per heavy atom. The third-order valence-electron chi connectivity index (χ3n) is 1.80. The summed E-state index contributed by atoms with van der Waals surface area (Å²) < 4.78 is 1.06. The fourth-order valence-corrected chi connectivity index (χ4v) is 1.11. The van der Waals surface area contributed by atoms with Gasteiger partial charge in [-0.3, -0.25) is 5.10 Å². The molecule has 8 heteroatoms. The first-order chi connectivity index (χ1) is 6.77. The van der Waals surface area contributed by atoms with Gasteiger partial charge in [0.05, 0.1) is 0 Å². The van der Waals surface area contributed by atoms with Crippen LogP contribution in [0.5, 0.6) is 0 Å². The highest BCUT2D eigenvalue weighted by Gasteiger charge is 2.03. The Morgan fingerprint density at radius 3 is 2.57 bits per heavy atom. The van der Waals surface area contributed by atoms with E-state index in [1.165, 1.54) is 6.33 Å². The summed E-state index contributed by atoms with van der Waals surface area (Å²) in [7, 11) is 0. The van der Waals surface area contributed by atoms with Gasteiger partial charge in [-0.2, -0.15) is 5.10 Å². The molecule has 0 saturated carbocycles. The third-order valence-corrected chi connectivity index (χ3v) is 1.80. The van der Waals surface area contributed by atoms with E-state index >= 15 is 0 Å². The number of aryl methyl sites for hydroxylation is 1. The van der Waals surface area contributed by atoms with Gasteiger partial charge in [-0.15, -0.1) is 0 Å². The Kier molecular flexibility index (Phi) is 2.01.